The summed E-state index contributed by atoms with van der Waals surface area (Å²) >= 11 is 0. The number of para-hydroxylation sites is 2. The zero-order valence-corrected chi connectivity index (χ0v) is 13.6. The highest BCUT2D eigenvalue weighted by atomic mass is 19.1. The van der Waals surface area contributed by atoms with Gasteiger partial charge in [-0.2, -0.15) is 0 Å². The number of halogens is 1. The smallest absolute Gasteiger partial charge is 0.133 e. The predicted octanol–water partition coefficient (Wildman–Crippen LogP) is 5.45. The fraction of sp³-hybridized carbons (Fsp3) is 0. The molecule has 4 aromatic carbocycles. The van der Waals surface area contributed by atoms with Crippen LogP contribution >= 0.6 is 0 Å². The van der Waals surface area contributed by atoms with Crippen LogP contribution in [0.15, 0.2) is 72.8 Å². The van der Waals surface area contributed by atoms with Crippen molar-refractivity contribution in [3.8, 4) is 16.9 Å². The zero-order chi connectivity index (χ0) is 17.7. The van der Waals surface area contributed by atoms with Crippen molar-refractivity contribution in [1.82, 2.24) is 9.97 Å². The Balaban J connectivity index is 2.04. The van der Waals surface area contributed by atoms with Gasteiger partial charge in [0, 0.05) is 10.8 Å². The van der Waals surface area contributed by atoms with Crippen LogP contribution in [-0.2, 0) is 0 Å². The van der Waals surface area contributed by atoms with Gasteiger partial charge in [0.15, 0.2) is 0 Å². The molecule has 1 N–H and O–H groups in total. The highest BCUT2D eigenvalue weighted by Gasteiger charge is 2.18. The number of fused-ring (bicyclic) bond motifs is 4. The van der Waals surface area contributed by atoms with Gasteiger partial charge in [-0.15, -0.1) is 0 Å². The lowest BCUT2D eigenvalue weighted by Gasteiger charge is -2.13. The molecule has 0 spiro atoms. The van der Waals surface area contributed by atoms with Crippen LogP contribution in [0.4, 0.5) is 4.39 Å². The summed E-state index contributed by atoms with van der Waals surface area (Å²) < 4.78 is 13.8. The number of aromatic nitrogens is 2. The van der Waals surface area contributed by atoms with Crippen LogP contribution in [0.2, 0.25) is 0 Å². The maximum absolute atomic E-state index is 13.8. The molecule has 0 atom stereocenters. The van der Waals surface area contributed by atoms with E-state index in [1.54, 1.807) is 12.1 Å². The molecule has 1 heterocycles. The summed E-state index contributed by atoms with van der Waals surface area (Å²) in [5.74, 6) is -0.278. The van der Waals surface area contributed by atoms with Crippen LogP contribution in [-0.4, -0.2) is 15.1 Å². The second kappa shape index (κ2) is 5.49. The topological polar surface area (TPSA) is 46.0 Å². The van der Waals surface area contributed by atoms with Crippen molar-refractivity contribution in [2.75, 3.05) is 0 Å². The molecule has 0 aliphatic carbocycles. The van der Waals surface area contributed by atoms with Crippen molar-refractivity contribution in [2.45, 2.75) is 0 Å². The Bertz CT molecular complexity index is 1310. The minimum Gasteiger partial charge on any atom is -0.507 e. The average Bonchev–Trinajstić information content (AvgIpc) is 2.67. The Hall–Kier alpha value is -3.53. The fourth-order valence-electron chi connectivity index (χ4n) is 3.42. The van der Waals surface area contributed by atoms with Crippen molar-refractivity contribution in [3.05, 3.63) is 78.6 Å². The first-order chi connectivity index (χ1) is 12.7. The van der Waals surface area contributed by atoms with Crippen LogP contribution in [0.3, 0.4) is 0 Å². The van der Waals surface area contributed by atoms with Crippen molar-refractivity contribution in [3.63, 3.8) is 0 Å². The molecule has 0 unspecified atom stereocenters. The molecule has 1 aromatic heterocycles. The third kappa shape index (κ3) is 2.12. The first-order valence-corrected chi connectivity index (χ1v) is 8.28. The summed E-state index contributed by atoms with van der Waals surface area (Å²) in [6.45, 7) is 0. The molecule has 5 rings (SSSR count). The second-order valence-corrected chi connectivity index (χ2v) is 6.19. The fourth-order valence-corrected chi connectivity index (χ4v) is 3.42. The van der Waals surface area contributed by atoms with Gasteiger partial charge < -0.3 is 5.11 Å². The van der Waals surface area contributed by atoms with Crippen LogP contribution in [0.25, 0.3) is 44.0 Å². The average molecular weight is 340 g/mol. The Morgan fingerprint density at radius 2 is 1.35 bits per heavy atom. The molecule has 26 heavy (non-hydrogen) atoms. The number of nitrogens with zero attached hydrogens (tertiary/aromatic N) is 2. The van der Waals surface area contributed by atoms with Crippen molar-refractivity contribution in [1.29, 1.82) is 0 Å². The highest BCUT2D eigenvalue weighted by Crippen LogP contribution is 2.42. The lowest BCUT2D eigenvalue weighted by molar-refractivity contribution is 0.484. The number of benzene rings is 4. The van der Waals surface area contributed by atoms with Crippen LogP contribution in [0.5, 0.6) is 5.75 Å². The Morgan fingerprint density at radius 3 is 2.08 bits per heavy atom. The predicted molar refractivity (Wildman–Crippen MR) is 102 cm³/mol. The molecule has 0 aliphatic heterocycles. The monoisotopic (exact) mass is 340 g/mol. The number of phenols is 1. The Kier molecular flexibility index (Phi) is 3.12. The van der Waals surface area contributed by atoms with Gasteiger partial charge in [-0.05, 0) is 29.8 Å². The van der Waals surface area contributed by atoms with Gasteiger partial charge in [0.05, 0.1) is 22.1 Å². The molecule has 0 radical (unpaired) electrons. The molecule has 0 aliphatic rings. The largest absolute Gasteiger partial charge is 0.507 e. The van der Waals surface area contributed by atoms with E-state index in [1.165, 1.54) is 12.1 Å². The van der Waals surface area contributed by atoms with E-state index in [0.29, 0.717) is 27.5 Å². The molecule has 124 valence electrons. The van der Waals surface area contributed by atoms with Crippen LogP contribution < -0.4 is 0 Å². The van der Waals surface area contributed by atoms with Crippen LogP contribution in [0, 0.1) is 5.82 Å². The van der Waals surface area contributed by atoms with E-state index >= 15 is 0 Å². The number of aromatic hydroxyl groups is 1. The lowest BCUT2D eigenvalue weighted by Crippen LogP contribution is -1.93. The molecule has 0 saturated carbocycles. The minimum absolute atomic E-state index is 0.0864. The van der Waals surface area contributed by atoms with Crippen LogP contribution in [0.1, 0.15) is 0 Å². The van der Waals surface area contributed by atoms with E-state index in [0.717, 1.165) is 16.4 Å². The van der Waals surface area contributed by atoms with Gasteiger partial charge >= 0.3 is 0 Å². The van der Waals surface area contributed by atoms with Gasteiger partial charge in [-0.25, -0.2) is 14.4 Å². The lowest BCUT2D eigenvalue weighted by atomic mass is 9.96. The summed E-state index contributed by atoms with van der Waals surface area (Å²) in [5, 5.41) is 12.5. The molecule has 0 bridgehead atoms. The van der Waals surface area contributed by atoms with Crippen molar-refractivity contribution < 1.29 is 9.50 Å². The molecule has 0 saturated heterocycles. The zero-order valence-electron chi connectivity index (χ0n) is 13.6. The molecule has 0 amide bonds. The van der Waals surface area contributed by atoms with E-state index in [-0.39, 0.29) is 11.6 Å². The molecule has 5 aromatic rings. The van der Waals surface area contributed by atoms with Gasteiger partial charge in [0.2, 0.25) is 0 Å². The quantitative estimate of drug-likeness (QED) is 0.326. The van der Waals surface area contributed by atoms with Gasteiger partial charge in [0.25, 0.3) is 0 Å². The summed E-state index contributed by atoms with van der Waals surface area (Å²) in [6, 6.07) is 21.3. The maximum atomic E-state index is 13.8. The standard InChI is InChI=1S/C22H13FN2O/c23-14-7-5-6-13(12-14)19-21-20(15-8-1-2-9-16(15)22(19)26)24-17-10-3-4-11-18(17)25-21/h1-12,26H. The first-order valence-electron chi connectivity index (χ1n) is 8.28. The first kappa shape index (κ1) is 14.8. The van der Waals surface area contributed by atoms with Gasteiger partial charge in [-0.3, -0.25) is 0 Å². The summed E-state index contributed by atoms with van der Waals surface area (Å²) in [4.78, 5) is 9.54. The van der Waals surface area contributed by atoms with Crippen molar-refractivity contribution in [2.24, 2.45) is 0 Å². The van der Waals surface area contributed by atoms with E-state index in [9.17, 15) is 9.50 Å². The number of phenolic OH excluding ortho intramolecular Hbond substituents is 1. The van der Waals surface area contributed by atoms with Gasteiger partial charge in [0.1, 0.15) is 17.1 Å². The molecular weight excluding hydrogens is 327 g/mol. The van der Waals surface area contributed by atoms with E-state index in [4.69, 9.17) is 9.97 Å². The molecule has 0 fully saturated rings. The highest BCUT2D eigenvalue weighted by molar-refractivity contribution is 6.15. The molecular formula is C22H13FN2O. The summed E-state index contributed by atoms with van der Waals surface area (Å²) in [7, 11) is 0. The summed E-state index contributed by atoms with van der Waals surface area (Å²) in [6.07, 6.45) is 0. The normalized spacial score (nSPS) is 11.4. The maximum Gasteiger partial charge on any atom is 0.133 e. The SMILES string of the molecule is Oc1c(-c2cccc(F)c2)c2nc3ccccc3nc2c2ccccc12. The van der Waals surface area contributed by atoms with E-state index in [2.05, 4.69) is 0 Å². The molecule has 4 heteroatoms. The minimum atomic E-state index is -0.364. The second-order valence-electron chi connectivity index (χ2n) is 6.19. The van der Waals surface area contributed by atoms with E-state index < -0.39 is 0 Å². The molecule has 3 nitrogen and oxygen atoms in total. The van der Waals surface area contributed by atoms with Crippen molar-refractivity contribution >= 4 is 32.8 Å². The van der Waals surface area contributed by atoms with Gasteiger partial charge in [-0.1, -0.05) is 48.5 Å². The van der Waals surface area contributed by atoms with E-state index in [1.807, 2.05) is 48.5 Å². The Morgan fingerprint density at radius 1 is 0.692 bits per heavy atom. The third-order valence-electron chi connectivity index (χ3n) is 4.59. The number of rotatable bonds is 1. The Labute approximate surface area is 148 Å². The number of hydrogen-bond donors (Lipinski definition) is 1. The summed E-state index contributed by atoms with van der Waals surface area (Å²) in [5.41, 5.74) is 3.83. The number of hydrogen-bond acceptors (Lipinski definition) is 3. The third-order valence-corrected chi connectivity index (χ3v) is 4.59.